The van der Waals surface area contributed by atoms with E-state index in [1.54, 1.807) is 4.72 Å². The van der Waals surface area contributed by atoms with Gasteiger partial charge in [0.15, 0.2) is 11.6 Å². The third-order valence-electron chi connectivity index (χ3n) is 2.57. The molecule has 21 heavy (non-hydrogen) atoms. The average molecular weight is 317 g/mol. The lowest BCUT2D eigenvalue weighted by Gasteiger charge is -2.10. The van der Waals surface area contributed by atoms with Crippen LogP contribution < -0.4 is 16.0 Å². The van der Waals surface area contributed by atoms with Crippen LogP contribution in [0.5, 0.6) is 0 Å². The van der Waals surface area contributed by atoms with E-state index in [-0.39, 0.29) is 4.90 Å². The van der Waals surface area contributed by atoms with Gasteiger partial charge in [0.05, 0.1) is 10.6 Å². The second-order valence-corrected chi connectivity index (χ2v) is 5.71. The zero-order chi connectivity index (χ0) is 15.6. The van der Waals surface area contributed by atoms with Gasteiger partial charge in [-0.2, -0.15) is 0 Å². The summed E-state index contributed by atoms with van der Waals surface area (Å²) in [5.74, 6) is 1.06. The summed E-state index contributed by atoms with van der Waals surface area (Å²) in [4.78, 5) is -0.217. The van der Waals surface area contributed by atoms with Gasteiger partial charge in [-0.3, -0.25) is 10.6 Å². The molecule has 9 heteroatoms. The number of benzene rings is 2. The first-order valence-corrected chi connectivity index (χ1v) is 7.06. The molecule has 0 aromatic heterocycles. The standard InChI is InChI=1S/C12H10F3N3O2S/c13-7-5-10(14)12(15)11(6-7)18-21(19,20)9-3-1-8(17-16)2-4-9/h1-6,17-18H,16H2. The van der Waals surface area contributed by atoms with E-state index in [1.807, 2.05) is 0 Å². The molecule has 0 aliphatic rings. The maximum atomic E-state index is 13.5. The summed E-state index contributed by atoms with van der Waals surface area (Å²) in [6.45, 7) is 0. The minimum atomic E-state index is -4.19. The van der Waals surface area contributed by atoms with Gasteiger partial charge in [-0.1, -0.05) is 0 Å². The molecule has 2 aromatic carbocycles. The molecule has 0 aliphatic heterocycles. The van der Waals surface area contributed by atoms with Crippen LogP contribution in [-0.4, -0.2) is 8.42 Å². The van der Waals surface area contributed by atoms with E-state index in [1.165, 1.54) is 24.3 Å². The van der Waals surface area contributed by atoms with Crippen molar-refractivity contribution in [1.82, 2.24) is 0 Å². The van der Waals surface area contributed by atoms with Gasteiger partial charge in [0, 0.05) is 17.8 Å². The summed E-state index contributed by atoms with van der Waals surface area (Å²) < 4.78 is 65.3. The Morgan fingerprint density at radius 1 is 1.00 bits per heavy atom. The Morgan fingerprint density at radius 2 is 1.62 bits per heavy atom. The summed E-state index contributed by atoms with van der Waals surface area (Å²) in [5, 5.41) is 0. The van der Waals surface area contributed by atoms with Crippen molar-refractivity contribution >= 4 is 21.4 Å². The number of hydrogen-bond donors (Lipinski definition) is 3. The fourth-order valence-electron chi connectivity index (χ4n) is 1.56. The van der Waals surface area contributed by atoms with Crippen molar-refractivity contribution in [3.63, 3.8) is 0 Å². The minimum Gasteiger partial charge on any atom is -0.324 e. The SMILES string of the molecule is NNc1ccc(S(=O)(=O)Nc2cc(F)cc(F)c2F)cc1. The summed E-state index contributed by atoms with van der Waals surface area (Å²) in [6, 6.07) is 6.00. The van der Waals surface area contributed by atoms with E-state index in [0.717, 1.165) is 0 Å². The second-order valence-electron chi connectivity index (χ2n) is 4.02. The molecule has 0 radical (unpaired) electrons. The fraction of sp³-hybridized carbons (Fsp3) is 0. The van der Waals surface area contributed by atoms with Crippen LogP contribution in [0.1, 0.15) is 0 Å². The topological polar surface area (TPSA) is 84.2 Å². The normalized spacial score (nSPS) is 11.2. The summed E-state index contributed by atoms with van der Waals surface area (Å²) in [7, 11) is -4.19. The number of nitrogens with one attached hydrogen (secondary N) is 2. The lowest BCUT2D eigenvalue weighted by atomic mass is 10.3. The number of sulfonamides is 1. The molecule has 2 aromatic rings. The van der Waals surface area contributed by atoms with E-state index in [2.05, 4.69) is 5.43 Å². The summed E-state index contributed by atoms with van der Waals surface area (Å²) >= 11 is 0. The minimum absolute atomic E-state index is 0.217. The molecule has 0 aliphatic carbocycles. The zero-order valence-corrected chi connectivity index (χ0v) is 11.2. The molecular formula is C12H10F3N3O2S. The summed E-state index contributed by atoms with van der Waals surface area (Å²) in [6.07, 6.45) is 0. The first-order chi connectivity index (χ1) is 9.83. The number of anilines is 2. The lowest BCUT2D eigenvalue weighted by molar-refractivity contribution is 0.498. The monoisotopic (exact) mass is 317 g/mol. The van der Waals surface area contributed by atoms with Gasteiger partial charge in [0.2, 0.25) is 0 Å². The van der Waals surface area contributed by atoms with Crippen molar-refractivity contribution < 1.29 is 21.6 Å². The quantitative estimate of drug-likeness (QED) is 0.458. The number of rotatable bonds is 4. The number of hydrazine groups is 1. The first kappa shape index (κ1) is 15.1. The molecule has 0 bridgehead atoms. The molecule has 0 spiro atoms. The number of halogens is 3. The Balaban J connectivity index is 2.37. The largest absolute Gasteiger partial charge is 0.324 e. The smallest absolute Gasteiger partial charge is 0.261 e. The average Bonchev–Trinajstić information content (AvgIpc) is 2.44. The molecule has 112 valence electrons. The van der Waals surface area contributed by atoms with Crippen LogP contribution in [0.25, 0.3) is 0 Å². The molecule has 0 saturated heterocycles. The molecule has 0 fully saturated rings. The van der Waals surface area contributed by atoms with Crippen molar-refractivity contribution in [3.8, 4) is 0 Å². The third-order valence-corrected chi connectivity index (χ3v) is 3.95. The molecule has 0 heterocycles. The highest BCUT2D eigenvalue weighted by atomic mass is 32.2. The van der Waals surface area contributed by atoms with Crippen molar-refractivity contribution in [2.45, 2.75) is 4.90 Å². The van der Waals surface area contributed by atoms with Crippen molar-refractivity contribution in [3.05, 3.63) is 53.8 Å². The van der Waals surface area contributed by atoms with E-state index in [0.29, 0.717) is 17.8 Å². The molecule has 5 nitrogen and oxygen atoms in total. The molecule has 0 saturated carbocycles. The number of nitrogens with two attached hydrogens (primary N) is 1. The molecule has 0 unspecified atom stereocenters. The van der Waals surface area contributed by atoms with E-state index in [4.69, 9.17) is 5.84 Å². The molecular weight excluding hydrogens is 307 g/mol. The predicted molar refractivity (Wildman–Crippen MR) is 71.4 cm³/mol. The molecule has 2 rings (SSSR count). The number of hydrogen-bond acceptors (Lipinski definition) is 4. The number of nitrogen functional groups attached to an aromatic ring is 1. The lowest BCUT2D eigenvalue weighted by Crippen LogP contribution is -2.15. The van der Waals surface area contributed by atoms with Crippen LogP contribution in [0.15, 0.2) is 41.3 Å². The molecule has 4 N–H and O–H groups in total. The van der Waals surface area contributed by atoms with Gasteiger partial charge in [-0.25, -0.2) is 21.6 Å². The maximum Gasteiger partial charge on any atom is 0.261 e. The van der Waals surface area contributed by atoms with Crippen LogP contribution in [0.2, 0.25) is 0 Å². The van der Waals surface area contributed by atoms with Crippen molar-refractivity contribution in [2.24, 2.45) is 5.84 Å². The van der Waals surface area contributed by atoms with Gasteiger partial charge in [-0.05, 0) is 24.3 Å². The maximum absolute atomic E-state index is 13.5. The Kier molecular flexibility index (Phi) is 4.05. The van der Waals surface area contributed by atoms with E-state index >= 15 is 0 Å². The Hall–Kier alpha value is -2.26. The van der Waals surface area contributed by atoms with Crippen LogP contribution in [-0.2, 0) is 10.0 Å². The van der Waals surface area contributed by atoms with E-state index in [9.17, 15) is 21.6 Å². The summed E-state index contributed by atoms with van der Waals surface area (Å²) in [5.41, 5.74) is 1.95. The fourth-order valence-corrected chi connectivity index (χ4v) is 2.61. The van der Waals surface area contributed by atoms with E-state index < -0.39 is 33.2 Å². The highest BCUT2D eigenvalue weighted by molar-refractivity contribution is 7.92. The zero-order valence-electron chi connectivity index (χ0n) is 10.4. The van der Waals surface area contributed by atoms with Crippen molar-refractivity contribution in [1.29, 1.82) is 0 Å². The van der Waals surface area contributed by atoms with Gasteiger partial charge >= 0.3 is 0 Å². The highest BCUT2D eigenvalue weighted by Crippen LogP contribution is 2.23. The first-order valence-electron chi connectivity index (χ1n) is 5.57. The molecule has 0 amide bonds. The van der Waals surface area contributed by atoms with Crippen molar-refractivity contribution in [2.75, 3.05) is 10.1 Å². The predicted octanol–water partition coefficient (Wildman–Crippen LogP) is 2.19. The van der Waals surface area contributed by atoms with Gasteiger partial charge < -0.3 is 5.43 Å². The van der Waals surface area contributed by atoms with Gasteiger partial charge in [0.25, 0.3) is 10.0 Å². The van der Waals surface area contributed by atoms with Crippen LogP contribution in [0, 0.1) is 17.5 Å². The van der Waals surface area contributed by atoms with Crippen LogP contribution in [0.4, 0.5) is 24.5 Å². The highest BCUT2D eigenvalue weighted by Gasteiger charge is 2.19. The molecule has 0 atom stereocenters. The third kappa shape index (κ3) is 3.26. The Labute approximate surface area is 118 Å². The van der Waals surface area contributed by atoms with Gasteiger partial charge in [-0.15, -0.1) is 0 Å². The second kappa shape index (κ2) is 5.62. The Bertz CT molecular complexity index is 764. The van der Waals surface area contributed by atoms with Crippen LogP contribution >= 0.6 is 0 Å². The van der Waals surface area contributed by atoms with Crippen LogP contribution in [0.3, 0.4) is 0 Å². The van der Waals surface area contributed by atoms with Gasteiger partial charge in [0.1, 0.15) is 5.82 Å². The Morgan fingerprint density at radius 3 is 2.19 bits per heavy atom.